The van der Waals surface area contributed by atoms with Crippen LogP contribution in [-0.4, -0.2) is 24.9 Å². The quantitative estimate of drug-likeness (QED) is 0.688. The third kappa shape index (κ3) is 3.48. The van der Waals surface area contributed by atoms with Gasteiger partial charge in [0.05, 0.1) is 6.54 Å². The second-order valence-corrected chi connectivity index (χ2v) is 4.16. The van der Waals surface area contributed by atoms with Gasteiger partial charge in [-0.05, 0) is 38.0 Å². The number of hydrogen-bond acceptors (Lipinski definition) is 3. The van der Waals surface area contributed by atoms with Crippen LogP contribution in [0.25, 0.3) is 0 Å². The second kappa shape index (κ2) is 6.05. The van der Waals surface area contributed by atoms with Crippen molar-refractivity contribution >= 4 is 17.5 Å². The molecule has 0 saturated carbocycles. The highest BCUT2D eigenvalue weighted by atomic mass is 16.2. The number of hydrogen-bond donors (Lipinski definition) is 3. The highest BCUT2D eigenvalue weighted by Gasteiger charge is 2.11. The van der Waals surface area contributed by atoms with Crippen LogP contribution in [0.4, 0.5) is 5.69 Å². The zero-order chi connectivity index (χ0) is 13.7. The van der Waals surface area contributed by atoms with Crippen LogP contribution >= 0.6 is 0 Å². The van der Waals surface area contributed by atoms with Gasteiger partial charge in [-0.1, -0.05) is 6.07 Å². The van der Waals surface area contributed by atoms with Crippen molar-refractivity contribution in [1.82, 2.24) is 10.6 Å². The number of nitrogen functional groups attached to an aromatic ring is 1. The summed E-state index contributed by atoms with van der Waals surface area (Å²) in [6.45, 7) is 6.07. The zero-order valence-electron chi connectivity index (χ0n) is 11.0. The average molecular weight is 249 g/mol. The molecule has 18 heavy (non-hydrogen) atoms. The van der Waals surface area contributed by atoms with Gasteiger partial charge in [-0.2, -0.15) is 0 Å². The van der Waals surface area contributed by atoms with Crippen LogP contribution in [-0.2, 0) is 4.79 Å². The summed E-state index contributed by atoms with van der Waals surface area (Å²) in [6.07, 6.45) is 0. The number of benzene rings is 1. The molecule has 1 aromatic rings. The van der Waals surface area contributed by atoms with E-state index >= 15 is 0 Å². The number of amides is 2. The first kappa shape index (κ1) is 14.0. The van der Waals surface area contributed by atoms with Gasteiger partial charge in [0, 0.05) is 17.8 Å². The predicted octanol–water partition coefficient (Wildman–Crippen LogP) is 0.752. The summed E-state index contributed by atoms with van der Waals surface area (Å²) < 4.78 is 0. The van der Waals surface area contributed by atoms with Gasteiger partial charge in [-0.3, -0.25) is 9.59 Å². The SMILES string of the molecule is CCNC(=O)CNC(=O)c1cc(N)c(C)cc1C. The van der Waals surface area contributed by atoms with Crippen LogP contribution in [0.15, 0.2) is 12.1 Å². The van der Waals surface area contributed by atoms with E-state index in [9.17, 15) is 9.59 Å². The molecule has 0 radical (unpaired) electrons. The molecular weight excluding hydrogens is 230 g/mol. The fourth-order valence-corrected chi connectivity index (χ4v) is 1.63. The summed E-state index contributed by atoms with van der Waals surface area (Å²) >= 11 is 0. The first-order chi connectivity index (χ1) is 8.45. The fourth-order valence-electron chi connectivity index (χ4n) is 1.63. The van der Waals surface area contributed by atoms with Crippen LogP contribution in [0.1, 0.15) is 28.4 Å². The monoisotopic (exact) mass is 249 g/mol. The number of carbonyl (C=O) groups excluding carboxylic acids is 2. The van der Waals surface area contributed by atoms with Gasteiger partial charge < -0.3 is 16.4 Å². The third-order valence-corrected chi connectivity index (χ3v) is 2.64. The minimum absolute atomic E-state index is 0.0279. The maximum absolute atomic E-state index is 11.9. The molecule has 0 aromatic heterocycles. The Balaban J connectivity index is 2.73. The number of aryl methyl sites for hydroxylation is 2. The van der Waals surface area contributed by atoms with Crippen molar-refractivity contribution in [3.8, 4) is 0 Å². The van der Waals surface area contributed by atoms with Crippen molar-refractivity contribution in [2.75, 3.05) is 18.8 Å². The molecule has 1 rings (SSSR count). The molecule has 0 unspecified atom stereocenters. The second-order valence-electron chi connectivity index (χ2n) is 4.16. The molecule has 5 nitrogen and oxygen atoms in total. The lowest BCUT2D eigenvalue weighted by Gasteiger charge is -2.10. The summed E-state index contributed by atoms with van der Waals surface area (Å²) in [6, 6.07) is 3.49. The van der Waals surface area contributed by atoms with Crippen molar-refractivity contribution in [1.29, 1.82) is 0 Å². The Labute approximate surface area is 107 Å². The Morgan fingerprint density at radius 1 is 1.17 bits per heavy atom. The normalized spacial score (nSPS) is 9.94. The number of nitrogens with two attached hydrogens (primary N) is 1. The molecule has 1 aromatic carbocycles. The van der Waals surface area contributed by atoms with Gasteiger partial charge in [0.1, 0.15) is 0 Å². The lowest BCUT2D eigenvalue weighted by atomic mass is 10.0. The van der Waals surface area contributed by atoms with E-state index in [0.717, 1.165) is 11.1 Å². The smallest absolute Gasteiger partial charge is 0.252 e. The van der Waals surface area contributed by atoms with Crippen molar-refractivity contribution in [3.63, 3.8) is 0 Å². The van der Waals surface area contributed by atoms with E-state index in [-0.39, 0.29) is 18.4 Å². The van der Waals surface area contributed by atoms with Crippen LogP contribution in [0, 0.1) is 13.8 Å². The number of likely N-dealkylation sites (N-methyl/N-ethyl adjacent to an activating group) is 1. The zero-order valence-corrected chi connectivity index (χ0v) is 11.0. The van der Waals surface area contributed by atoms with Crippen molar-refractivity contribution < 1.29 is 9.59 Å². The third-order valence-electron chi connectivity index (χ3n) is 2.64. The van der Waals surface area contributed by atoms with Crippen LogP contribution in [0.3, 0.4) is 0 Å². The van der Waals surface area contributed by atoms with E-state index in [2.05, 4.69) is 10.6 Å². The first-order valence-corrected chi connectivity index (χ1v) is 5.87. The minimum Gasteiger partial charge on any atom is -0.398 e. The van der Waals surface area contributed by atoms with Crippen LogP contribution in [0.5, 0.6) is 0 Å². The molecule has 0 heterocycles. The Hall–Kier alpha value is -2.04. The van der Waals surface area contributed by atoms with E-state index in [1.807, 2.05) is 26.8 Å². The Bertz CT molecular complexity index is 470. The molecule has 4 N–H and O–H groups in total. The summed E-state index contributed by atoms with van der Waals surface area (Å²) in [7, 11) is 0. The van der Waals surface area contributed by atoms with E-state index < -0.39 is 0 Å². The van der Waals surface area contributed by atoms with E-state index in [1.54, 1.807) is 6.07 Å². The summed E-state index contributed by atoms with van der Waals surface area (Å²) in [5.74, 6) is -0.492. The molecule has 0 saturated heterocycles. The molecule has 98 valence electrons. The summed E-state index contributed by atoms with van der Waals surface area (Å²) in [5, 5.41) is 5.17. The molecule has 0 atom stereocenters. The predicted molar refractivity (Wildman–Crippen MR) is 71.3 cm³/mol. The molecule has 0 bridgehead atoms. The van der Waals surface area contributed by atoms with Gasteiger partial charge in [-0.15, -0.1) is 0 Å². The molecule has 0 aliphatic heterocycles. The van der Waals surface area contributed by atoms with Crippen LogP contribution < -0.4 is 16.4 Å². The number of nitrogens with one attached hydrogen (secondary N) is 2. The summed E-state index contributed by atoms with van der Waals surface area (Å²) in [4.78, 5) is 23.1. The Morgan fingerprint density at radius 2 is 1.83 bits per heavy atom. The molecule has 0 fully saturated rings. The van der Waals surface area contributed by atoms with Gasteiger partial charge in [0.2, 0.25) is 5.91 Å². The lowest BCUT2D eigenvalue weighted by Crippen LogP contribution is -2.37. The van der Waals surface area contributed by atoms with Gasteiger partial charge >= 0.3 is 0 Å². The largest absolute Gasteiger partial charge is 0.398 e. The number of anilines is 1. The maximum atomic E-state index is 11.9. The summed E-state index contributed by atoms with van der Waals surface area (Å²) in [5.41, 5.74) is 8.63. The van der Waals surface area contributed by atoms with E-state index in [4.69, 9.17) is 5.73 Å². The highest BCUT2D eigenvalue weighted by Crippen LogP contribution is 2.17. The lowest BCUT2D eigenvalue weighted by molar-refractivity contribution is -0.120. The average Bonchev–Trinajstić information content (AvgIpc) is 2.31. The molecule has 0 aliphatic carbocycles. The fraction of sp³-hybridized carbons (Fsp3) is 0.385. The minimum atomic E-state index is -0.287. The first-order valence-electron chi connectivity index (χ1n) is 5.87. The topological polar surface area (TPSA) is 84.2 Å². The highest BCUT2D eigenvalue weighted by molar-refractivity contribution is 5.98. The number of rotatable bonds is 4. The Morgan fingerprint density at radius 3 is 2.44 bits per heavy atom. The van der Waals surface area contributed by atoms with Crippen LogP contribution in [0.2, 0.25) is 0 Å². The molecule has 5 heteroatoms. The standard InChI is InChI=1S/C13H19N3O2/c1-4-15-12(17)7-16-13(18)10-6-11(14)9(3)5-8(10)2/h5-6H,4,7,14H2,1-3H3,(H,15,17)(H,16,18). The van der Waals surface area contributed by atoms with Gasteiger partial charge in [0.15, 0.2) is 0 Å². The van der Waals surface area contributed by atoms with Gasteiger partial charge in [-0.25, -0.2) is 0 Å². The van der Waals surface area contributed by atoms with E-state index in [1.165, 1.54) is 0 Å². The Kier molecular flexibility index (Phi) is 4.71. The van der Waals surface area contributed by atoms with E-state index in [0.29, 0.717) is 17.8 Å². The molecular formula is C13H19N3O2. The maximum Gasteiger partial charge on any atom is 0.252 e. The molecule has 2 amide bonds. The van der Waals surface area contributed by atoms with Crippen molar-refractivity contribution in [2.45, 2.75) is 20.8 Å². The van der Waals surface area contributed by atoms with Crippen molar-refractivity contribution in [2.24, 2.45) is 0 Å². The van der Waals surface area contributed by atoms with Crippen molar-refractivity contribution in [3.05, 3.63) is 28.8 Å². The number of carbonyl (C=O) groups is 2. The van der Waals surface area contributed by atoms with Gasteiger partial charge in [0.25, 0.3) is 5.91 Å². The molecule has 0 aliphatic rings. The molecule has 0 spiro atoms.